The number of likely N-dealkylation sites (N-methyl/N-ethyl adjacent to an activating group) is 1. The number of methoxy groups -OCH3 is 1. The second-order valence-electron chi connectivity index (χ2n) is 5.44. The number of nitrogens with one attached hydrogen (secondary N) is 1. The van der Waals surface area contributed by atoms with Gasteiger partial charge in [0.15, 0.2) is 0 Å². The highest BCUT2D eigenvalue weighted by Crippen LogP contribution is 2.31. The Morgan fingerprint density at radius 2 is 2.14 bits per heavy atom. The van der Waals surface area contributed by atoms with Gasteiger partial charge in [-0.1, -0.05) is 23.7 Å². The Morgan fingerprint density at radius 1 is 1.50 bits per heavy atom. The first-order valence-corrected chi connectivity index (χ1v) is 7.41. The zero-order chi connectivity index (χ0) is 15.4. The largest absolute Gasteiger partial charge is 0.383 e. The van der Waals surface area contributed by atoms with Crippen molar-refractivity contribution in [2.24, 2.45) is 5.73 Å². The van der Waals surface area contributed by atoms with Crippen LogP contribution in [0.2, 0.25) is 5.02 Å². The number of likely N-dealkylation sites (tertiary alicyclic amines) is 1. The van der Waals surface area contributed by atoms with E-state index < -0.39 is 6.04 Å². The second-order valence-corrected chi connectivity index (χ2v) is 5.88. The molecule has 124 valence electrons. The fraction of sp³-hybridized carbons (Fsp3) is 0.533. The summed E-state index contributed by atoms with van der Waals surface area (Å²) in [7, 11) is 3.59. The molecule has 0 bridgehead atoms. The minimum Gasteiger partial charge on any atom is -0.383 e. The number of hydrogen-bond acceptors (Lipinski definition) is 4. The van der Waals surface area contributed by atoms with E-state index in [-0.39, 0.29) is 37.0 Å². The summed E-state index contributed by atoms with van der Waals surface area (Å²) in [4.78, 5) is 14.3. The molecular weight excluding hydrogens is 325 g/mol. The summed E-state index contributed by atoms with van der Waals surface area (Å²) in [5.41, 5.74) is 6.92. The molecule has 1 aromatic rings. The van der Waals surface area contributed by atoms with Crippen molar-refractivity contribution in [3.05, 3.63) is 34.9 Å². The second kappa shape index (κ2) is 8.70. The monoisotopic (exact) mass is 347 g/mol. The smallest absolute Gasteiger partial charge is 0.239 e. The van der Waals surface area contributed by atoms with Crippen LogP contribution >= 0.6 is 24.0 Å². The Balaban J connectivity index is 0.00000242. The average Bonchev–Trinajstić information content (AvgIpc) is 2.81. The van der Waals surface area contributed by atoms with Crippen LogP contribution in [0.5, 0.6) is 0 Å². The van der Waals surface area contributed by atoms with Crippen molar-refractivity contribution in [2.45, 2.75) is 24.5 Å². The van der Waals surface area contributed by atoms with Gasteiger partial charge in [-0.3, -0.25) is 9.69 Å². The van der Waals surface area contributed by atoms with Crippen molar-refractivity contribution in [1.82, 2.24) is 10.2 Å². The summed E-state index contributed by atoms with van der Waals surface area (Å²) in [6, 6.07) is 7.31. The van der Waals surface area contributed by atoms with Gasteiger partial charge >= 0.3 is 0 Å². The molecule has 1 aromatic carbocycles. The molecule has 3 N–H and O–H groups in total. The molecule has 0 spiro atoms. The molecule has 1 aliphatic rings. The standard InChI is InChI=1S/C15H22ClN3O2.ClH/c1-19-8-7-13(18-15(20)12(17)9-21-2)14(19)10-3-5-11(16)6-4-10;/h3-6,12-14H,7-9,17H2,1-2H3,(H,18,20);1H. The van der Waals surface area contributed by atoms with Crippen molar-refractivity contribution < 1.29 is 9.53 Å². The number of amides is 1. The van der Waals surface area contributed by atoms with Crippen LogP contribution in [0.15, 0.2) is 24.3 Å². The molecule has 0 saturated carbocycles. The minimum atomic E-state index is -0.633. The molecule has 3 atom stereocenters. The highest BCUT2D eigenvalue weighted by molar-refractivity contribution is 6.30. The number of hydrogen-bond donors (Lipinski definition) is 2. The zero-order valence-electron chi connectivity index (χ0n) is 12.8. The predicted octanol–water partition coefficient (Wildman–Crippen LogP) is 1.60. The van der Waals surface area contributed by atoms with Crippen LogP contribution < -0.4 is 11.1 Å². The number of carbonyl (C=O) groups is 1. The van der Waals surface area contributed by atoms with Crippen LogP contribution in [-0.2, 0) is 9.53 Å². The van der Waals surface area contributed by atoms with Gasteiger partial charge in [0.25, 0.3) is 0 Å². The molecule has 1 fully saturated rings. The van der Waals surface area contributed by atoms with Crippen LogP contribution in [0, 0.1) is 0 Å². The van der Waals surface area contributed by atoms with Gasteiger partial charge in [-0.15, -0.1) is 12.4 Å². The molecule has 22 heavy (non-hydrogen) atoms. The maximum atomic E-state index is 12.1. The van der Waals surface area contributed by atoms with E-state index >= 15 is 0 Å². The SMILES string of the molecule is COCC(N)C(=O)NC1CCN(C)C1c1ccc(Cl)cc1.Cl. The Morgan fingerprint density at radius 3 is 2.73 bits per heavy atom. The number of halogens is 2. The third kappa shape index (κ3) is 4.57. The summed E-state index contributed by atoms with van der Waals surface area (Å²) in [5.74, 6) is -0.170. The highest BCUT2D eigenvalue weighted by Gasteiger charge is 2.34. The fourth-order valence-corrected chi connectivity index (χ4v) is 2.92. The van der Waals surface area contributed by atoms with Gasteiger partial charge in [0.2, 0.25) is 5.91 Å². The van der Waals surface area contributed by atoms with Crippen LogP contribution in [0.25, 0.3) is 0 Å². The number of rotatable bonds is 5. The lowest BCUT2D eigenvalue weighted by molar-refractivity contribution is -0.124. The van der Waals surface area contributed by atoms with Crippen LogP contribution in [0.4, 0.5) is 0 Å². The lowest BCUT2D eigenvalue weighted by Gasteiger charge is -2.27. The molecule has 1 aliphatic heterocycles. The van der Waals surface area contributed by atoms with E-state index in [4.69, 9.17) is 22.1 Å². The average molecular weight is 348 g/mol. The third-order valence-electron chi connectivity index (χ3n) is 3.87. The predicted molar refractivity (Wildman–Crippen MR) is 90.5 cm³/mol. The van der Waals surface area contributed by atoms with Gasteiger partial charge in [0.1, 0.15) is 6.04 Å². The van der Waals surface area contributed by atoms with Crippen LogP contribution in [0.1, 0.15) is 18.0 Å². The molecule has 5 nitrogen and oxygen atoms in total. The number of carbonyl (C=O) groups excluding carboxylic acids is 1. The summed E-state index contributed by atoms with van der Waals surface area (Å²) < 4.78 is 4.92. The Kier molecular flexibility index (Phi) is 7.59. The third-order valence-corrected chi connectivity index (χ3v) is 4.12. The first kappa shape index (κ1) is 19.2. The van der Waals surface area contributed by atoms with Gasteiger partial charge in [0.05, 0.1) is 12.6 Å². The zero-order valence-corrected chi connectivity index (χ0v) is 14.4. The van der Waals surface area contributed by atoms with E-state index in [2.05, 4.69) is 17.3 Å². The van der Waals surface area contributed by atoms with Gasteiger partial charge in [-0.2, -0.15) is 0 Å². The molecule has 1 saturated heterocycles. The van der Waals surface area contributed by atoms with Gasteiger partial charge in [-0.25, -0.2) is 0 Å². The summed E-state index contributed by atoms with van der Waals surface area (Å²) in [5, 5.41) is 3.75. The molecule has 0 aromatic heterocycles. The van der Waals surface area contributed by atoms with Crippen molar-refractivity contribution in [3.8, 4) is 0 Å². The maximum Gasteiger partial charge on any atom is 0.239 e. The fourth-order valence-electron chi connectivity index (χ4n) is 2.79. The maximum absolute atomic E-state index is 12.1. The first-order chi connectivity index (χ1) is 10.0. The van der Waals surface area contributed by atoms with Crippen molar-refractivity contribution in [3.63, 3.8) is 0 Å². The number of nitrogens with zero attached hydrogens (tertiary/aromatic N) is 1. The van der Waals surface area contributed by atoms with Crippen molar-refractivity contribution in [1.29, 1.82) is 0 Å². The molecule has 1 heterocycles. The lowest BCUT2D eigenvalue weighted by Crippen LogP contribution is -2.48. The summed E-state index contributed by atoms with van der Waals surface area (Å²) in [6.45, 7) is 1.15. The number of nitrogens with two attached hydrogens (primary N) is 1. The Bertz CT molecular complexity index is 484. The van der Waals surface area contributed by atoms with E-state index in [0.29, 0.717) is 5.02 Å². The Labute approximate surface area is 142 Å². The topological polar surface area (TPSA) is 67.6 Å². The quantitative estimate of drug-likeness (QED) is 0.848. The number of ether oxygens (including phenoxy) is 1. The van der Waals surface area contributed by atoms with Crippen molar-refractivity contribution >= 4 is 29.9 Å². The summed E-state index contributed by atoms with van der Waals surface area (Å²) in [6.07, 6.45) is 0.898. The first-order valence-electron chi connectivity index (χ1n) is 7.03. The van der Waals surface area contributed by atoms with Gasteiger partial charge in [-0.05, 0) is 31.2 Å². The van der Waals surface area contributed by atoms with E-state index in [1.807, 2.05) is 24.3 Å². The van der Waals surface area contributed by atoms with Gasteiger partial charge in [0, 0.05) is 24.7 Å². The molecule has 0 radical (unpaired) electrons. The molecule has 2 rings (SSSR count). The lowest BCUT2D eigenvalue weighted by atomic mass is 10.00. The van der Waals surface area contributed by atoms with Crippen molar-refractivity contribution in [2.75, 3.05) is 27.3 Å². The van der Waals surface area contributed by atoms with E-state index in [1.54, 1.807) is 0 Å². The molecule has 0 aliphatic carbocycles. The molecular formula is C15H23Cl2N3O2. The van der Waals surface area contributed by atoms with Crippen LogP contribution in [-0.4, -0.2) is 50.2 Å². The molecule has 1 amide bonds. The summed E-state index contributed by atoms with van der Waals surface area (Å²) >= 11 is 5.94. The van der Waals surface area contributed by atoms with E-state index in [9.17, 15) is 4.79 Å². The van der Waals surface area contributed by atoms with E-state index in [0.717, 1.165) is 18.5 Å². The highest BCUT2D eigenvalue weighted by atomic mass is 35.5. The Hall–Kier alpha value is -0.850. The number of benzene rings is 1. The van der Waals surface area contributed by atoms with E-state index in [1.165, 1.54) is 7.11 Å². The normalized spacial score (nSPS) is 22.9. The minimum absolute atomic E-state index is 0. The molecule has 3 unspecified atom stereocenters. The molecule has 7 heteroatoms. The van der Waals surface area contributed by atoms with Crippen LogP contribution in [0.3, 0.4) is 0 Å². The van der Waals surface area contributed by atoms with Gasteiger partial charge < -0.3 is 15.8 Å².